The fourth-order valence-corrected chi connectivity index (χ4v) is 8.49. The number of fused-ring (bicyclic) bond motifs is 1. The highest BCUT2D eigenvalue weighted by atomic mass is 16.7. The van der Waals surface area contributed by atoms with Crippen molar-refractivity contribution >= 4 is 0 Å². The molecule has 3 aromatic rings. The van der Waals surface area contributed by atoms with E-state index < -0.39 is 106 Å². The number of aliphatic hydroxyl groups excluding tert-OH is 10. The van der Waals surface area contributed by atoms with E-state index in [9.17, 15) is 51.1 Å². The zero-order chi connectivity index (χ0) is 46.0. The molecule has 10 N–H and O–H groups in total. The first-order valence-electron chi connectivity index (χ1n) is 20.6. The van der Waals surface area contributed by atoms with Crippen molar-refractivity contribution in [1.29, 1.82) is 0 Å². The van der Waals surface area contributed by atoms with Crippen LogP contribution in [0.3, 0.4) is 0 Å². The second-order valence-corrected chi connectivity index (χ2v) is 15.8. The highest BCUT2D eigenvalue weighted by Gasteiger charge is 2.50. The van der Waals surface area contributed by atoms with Gasteiger partial charge in [-0.25, -0.2) is 0 Å². The Morgan fingerprint density at radius 1 is 0.547 bits per heavy atom. The monoisotopic (exact) mass is 908 g/mol. The van der Waals surface area contributed by atoms with Crippen LogP contribution in [0.5, 0.6) is 40.2 Å². The molecule has 16 atom stereocenters. The topological polar surface area (TPSA) is 304 Å². The number of hydrogen-bond acceptors (Lipinski definition) is 21. The largest absolute Gasteiger partial charge is 0.493 e. The molecule has 4 aliphatic heterocycles. The zero-order valence-electron chi connectivity index (χ0n) is 35.4. The molecule has 4 fully saturated rings. The third-order valence-corrected chi connectivity index (χ3v) is 12.1. The highest BCUT2D eigenvalue weighted by molar-refractivity contribution is 5.55. The number of methoxy groups -OCH3 is 4. The predicted molar refractivity (Wildman–Crippen MR) is 215 cm³/mol. The maximum atomic E-state index is 11.5. The lowest BCUT2D eigenvalue weighted by Gasteiger charge is -2.39. The van der Waals surface area contributed by atoms with Crippen LogP contribution >= 0.6 is 0 Å². The molecule has 21 heteroatoms. The SMILES string of the molecule is COc1cc(C(O)C(CO)Oc2c(OC)cc(C3OCC4C(c5ccc(OC6OC(CO)C(O)C(O)C6O)c(OC)c5)OCC34)cc2OC)ccc1OC1OC(CO)C(O)C(O)C1O. The summed E-state index contributed by atoms with van der Waals surface area (Å²) in [5.74, 6) is 0.911. The van der Waals surface area contributed by atoms with E-state index >= 15 is 0 Å². The minimum absolute atomic E-state index is 0.0379. The molecule has 0 radical (unpaired) electrons. The third-order valence-electron chi connectivity index (χ3n) is 12.1. The van der Waals surface area contributed by atoms with Crippen LogP contribution in [0.1, 0.15) is 35.0 Å². The van der Waals surface area contributed by atoms with Crippen molar-refractivity contribution < 1.29 is 103 Å². The standard InChI is InChI=1S/C43H56O21/c1-54-25-9-18(5-7-23(25)61-42-37(52)35(50)33(48)30(14-45)63-42)32(47)29(13-44)60-41-27(56-3)11-20(12-28(41)57-4)40-22-17-58-39(21(22)16-59-40)19-6-8-24(26(10-19)55-2)62-43-38(53)36(51)34(49)31(15-46)64-43/h5-12,21-22,29-40,42-53H,13-17H2,1-4H3. The summed E-state index contributed by atoms with van der Waals surface area (Å²) < 4.78 is 64.0. The first-order chi connectivity index (χ1) is 30.8. The Kier molecular flexibility index (Phi) is 15.2. The van der Waals surface area contributed by atoms with Crippen molar-refractivity contribution in [3.63, 3.8) is 0 Å². The maximum Gasteiger partial charge on any atom is 0.229 e. The highest BCUT2D eigenvalue weighted by Crippen LogP contribution is 2.53. The summed E-state index contributed by atoms with van der Waals surface area (Å²) in [5, 5.41) is 103. The van der Waals surface area contributed by atoms with Gasteiger partial charge in [-0.2, -0.15) is 0 Å². The van der Waals surface area contributed by atoms with Crippen molar-refractivity contribution in [3.05, 3.63) is 65.2 Å². The summed E-state index contributed by atoms with van der Waals surface area (Å²) in [7, 11) is 5.63. The van der Waals surface area contributed by atoms with Gasteiger partial charge in [0, 0.05) is 11.8 Å². The number of hydrogen-bond donors (Lipinski definition) is 10. The molecule has 7 rings (SSSR count). The molecule has 0 aromatic heterocycles. The molecule has 21 nitrogen and oxygen atoms in total. The van der Waals surface area contributed by atoms with Gasteiger partial charge in [-0.05, 0) is 53.1 Å². The molecule has 16 unspecified atom stereocenters. The molecule has 0 spiro atoms. The Morgan fingerprint density at radius 3 is 1.47 bits per heavy atom. The van der Waals surface area contributed by atoms with Gasteiger partial charge >= 0.3 is 0 Å². The van der Waals surface area contributed by atoms with E-state index in [2.05, 4.69) is 0 Å². The third kappa shape index (κ3) is 9.24. The van der Waals surface area contributed by atoms with Crippen LogP contribution in [0.15, 0.2) is 48.5 Å². The Balaban J connectivity index is 1.04. The maximum absolute atomic E-state index is 11.5. The van der Waals surface area contributed by atoms with E-state index in [1.807, 2.05) is 0 Å². The minimum atomic E-state index is -1.67. The smallest absolute Gasteiger partial charge is 0.229 e. The second kappa shape index (κ2) is 20.5. The molecule has 0 saturated carbocycles. The summed E-state index contributed by atoms with van der Waals surface area (Å²) >= 11 is 0. The van der Waals surface area contributed by atoms with Crippen LogP contribution in [0.4, 0.5) is 0 Å². The average molecular weight is 909 g/mol. The van der Waals surface area contributed by atoms with Crippen LogP contribution in [0.25, 0.3) is 0 Å². The molecule has 3 aromatic carbocycles. The molecule has 4 heterocycles. The Labute approximate surface area is 367 Å². The molecular weight excluding hydrogens is 852 g/mol. The van der Waals surface area contributed by atoms with E-state index in [4.69, 9.17) is 52.1 Å². The van der Waals surface area contributed by atoms with Crippen LogP contribution < -0.4 is 33.2 Å². The molecule has 354 valence electrons. The summed E-state index contributed by atoms with van der Waals surface area (Å²) in [6.07, 6.45) is -18.5. The lowest BCUT2D eigenvalue weighted by Crippen LogP contribution is -2.60. The van der Waals surface area contributed by atoms with E-state index in [-0.39, 0.29) is 57.6 Å². The van der Waals surface area contributed by atoms with E-state index in [1.165, 1.54) is 46.6 Å². The van der Waals surface area contributed by atoms with Gasteiger partial charge in [0.15, 0.2) is 40.6 Å². The quantitative estimate of drug-likeness (QED) is 0.0747. The molecule has 0 aliphatic carbocycles. The van der Waals surface area contributed by atoms with Crippen LogP contribution in [-0.4, -0.2) is 180 Å². The number of aliphatic hydroxyl groups is 10. The van der Waals surface area contributed by atoms with Gasteiger partial charge in [-0.15, -0.1) is 0 Å². The fourth-order valence-electron chi connectivity index (χ4n) is 8.49. The molecule has 4 saturated heterocycles. The van der Waals surface area contributed by atoms with Gasteiger partial charge in [-0.3, -0.25) is 0 Å². The van der Waals surface area contributed by atoms with Gasteiger partial charge in [0.2, 0.25) is 18.3 Å². The lowest BCUT2D eigenvalue weighted by atomic mass is 9.84. The van der Waals surface area contributed by atoms with Crippen molar-refractivity contribution in [2.24, 2.45) is 11.8 Å². The Morgan fingerprint density at radius 2 is 1.00 bits per heavy atom. The van der Waals surface area contributed by atoms with Crippen LogP contribution in [0.2, 0.25) is 0 Å². The van der Waals surface area contributed by atoms with E-state index in [0.717, 1.165) is 5.56 Å². The average Bonchev–Trinajstić information content (AvgIpc) is 3.94. The van der Waals surface area contributed by atoms with Crippen LogP contribution in [0, 0.1) is 11.8 Å². The van der Waals surface area contributed by atoms with Gasteiger partial charge in [0.05, 0.1) is 73.7 Å². The van der Waals surface area contributed by atoms with Gasteiger partial charge in [0.1, 0.15) is 54.9 Å². The molecular formula is C43H56O21. The summed E-state index contributed by atoms with van der Waals surface area (Å²) in [5.41, 5.74) is 1.69. The van der Waals surface area contributed by atoms with Crippen molar-refractivity contribution in [2.75, 3.05) is 61.5 Å². The second-order valence-electron chi connectivity index (χ2n) is 15.8. The van der Waals surface area contributed by atoms with Gasteiger partial charge in [-0.1, -0.05) is 12.1 Å². The fraction of sp³-hybridized carbons (Fsp3) is 0.581. The summed E-state index contributed by atoms with van der Waals surface area (Å²) in [6, 6.07) is 12.8. The molecule has 0 bridgehead atoms. The van der Waals surface area contributed by atoms with Crippen molar-refractivity contribution in [1.82, 2.24) is 0 Å². The molecule has 64 heavy (non-hydrogen) atoms. The Bertz CT molecular complexity index is 1990. The number of benzene rings is 3. The van der Waals surface area contributed by atoms with Crippen molar-refractivity contribution in [3.8, 4) is 40.2 Å². The number of rotatable bonds is 17. The summed E-state index contributed by atoms with van der Waals surface area (Å²) in [6.45, 7) is -1.23. The molecule has 4 aliphatic rings. The zero-order valence-corrected chi connectivity index (χ0v) is 35.4. The lowest BCUT2D eigenvalue weighted by molar-refractivity contribution is -0.277. The predicted octanol–water partition coefficient (Wildman–Crippen LogP) is -1.37. The first-order valence-corrected chi connectivity index (χ1v) is 20.6. The van der Waals surface area contributed by atoms with E-state index in [0.29, 0.717) is 18.8 Å². The minimum Gasteiger partial charge on any atom is -0.493 e. The van der Waals surface area contributed by atoms with Crippen LogP contribution in [-0.2, 0) is 18.9 Å². The normalized spacial score (nSPS) is 33.5. The first kappa shape index (κ1) is 47.7. The van der Waals surface area contributed by atoms with Gasteiger partial charge in [0.25, 0.3) is 0 Å². The van der Waals surface area contributed by atoms with Gasteiger partial charge < -0.3 is 103 Å². The Hall–Kier alpha value is -4.30. The van der Waals surface area contributed by atoms with E-state index in [1.54, 1.807) is 30.3 Å². The summed E-state index contributed by atoms with van der Waals surface area (Å²) in [4.78, 5) is 0. The van der Waals surface area contributed by atoms with Crippen molar-refractivity contribution in [2.45, 2.75) is 85.8 Å². The molecule has 0 amide bonds. The number of ether oxygens (including phenoxy) is 11.